The molecule has 0 amide bonds. The molecule has 0 saturated heterocycles. The second-order valence-electron chi connectivity index (χ2n) is 10.1. The van der Waals surface area contributed by atoms with Gasteiger partial charge in [-0.25, -0.2) is 0 Å². The maximum absolute atomic E-state index is 12.9. The molecule has 5 aromatic carbocycles. The molecule has 8 heteroatoms. The number of carbonyl (C=O) groups is 1. The number of halogens is 3. The number of carboxylic acid groups (broad SMARTS) is 1. The Morgan fingerprint density at radius 1 is 0.767 bits per heavy atom. The molecule has 0 aromatic heterocycles. The highest BCUT2D eigenvalue weighted by Crippen LogP contribution is 2.39. The summed E-state index contributed by atoms with van der Waals surface area (Å²) < 4.78 is 8.70. The van der Waals surface area contributed by atoms with E-state index in [1.807, 2.05) is 110 Å². The average Bonchev–Trinajstić information content (AvgIpc) is 3.01. The van der Waals surface area contributed by atoms with Crippen molar-refractivity contribution in [2.24, 2.45) is 0 Å². The third-order valence-corrected chi connectivity index (χ3v) is 9.68. The van der Waals surface area contributed by atoms with Crippen LogP contribution in [-0.4, -0.2) is 22.2 Å². The molecule has 0 aliphatic heterocycles. The summed E-state index contributed by atoms with van der Waals surface area (Å²) in [6.07, 6.45) is 0.256. The van der Waals surface area contributed by atoms with Crippen LogP contribution in [-0.2, 0) is 16.8 Å². The quantitative estimate of drug-likeness (QED) is 0.0965. The Hall–Kier alpha value is -2.68. The summed E-state index contributed by atoms with van der Waals surface area (Å²) in [5, 5.41) is 24.4. The molecule has 5 aromatic rings. The van der Waals surface area contributed by atoms with Gasteiger partial charge in [-0.1, -0.05) is 91.0 Å². The fourth-order valence-electron chi connectivity index (χ4n) is 5.22. The molecule has 1 unspecified atom stereocenters. The van der Waals surface area contributed by atoms with Crippen LogP contribution in [0.2, 0.25) is 0 Å². The Bertz CT molecular complexity index is 1590. The number of hydrogen-bond acceptors (Lipinski definition) is 4. The number of benzene rings is 5. The van der Waals surface area contributed by atoms with Crippen LogP contribution in [0.4, 0.5) is 0 Å². The van der Waals surface area contributed by atoms with Gasteiger partial charge in [-0.15, -0.1) is 0 Å². The van der Waals surface area contributed by atoms with Crippen LogP contribution in [0.3, 0.4) is 0 Å². The lowest BCUT2D eigenvalue weighted by atomic mass is 9.76. The summed E-state index contributed by atoms with van der Waals surface area (Å²) >= 11 is 6.55. The largest absolute Gasteiger partial charge is 0.507 e. The van der Waals surface area contributed by atoms with Crippen molar-refractivity contribution in [2.75, 3.05) is 0 Å². The molecule has 5 rings (SSSR count). The van der Waals surface area contributed by atoms with E-state index in [4.69, 9.17) is 4.74 Å². The number of aryl methyl sites for hydroxylation is 1. The Labute approximate surface area is 292 Å². The van der Waals surface area contributed by atoms with Gasteiger partial charge in [0, 0.05) is 0 Å². The van der Waals surface area contributed by atoms with Gasteiger partial charge in [-0.2, -0.15) is 0 Å². The second kappa shape index (κ2) is 14.0. The van der Waals surface area contributed by atoms with Gasteiger partial charge in [-0.3, -0.25) is 10.1 Å². The maximum Gasteiger partial charge on any atom is 0.321 e. The number of hydrogen-bond donors (Lipinski definition) is 3. The molecule has 0 heterocycles. The Morgan fingerprint density at radius 2 is 1.23 bits per heavy atom. The topological polar surface area (TPSA) is 78.8 Å². The minimum atomic E-state index is -0.938. The van der Waals surface area contributed by atoms with Crippen molar-refractivity contribution in [3.8, 4) is 17.2 Å². The smallest absolute Gasteiger partial charge is 0.321 e. The summed E-state index contributed by atoms with van der Waals surface area (Å²) in [5.41, 5.74) is 3.55. The number of nitrogens with one attached hydrogen (secondary N) is 1. The molecular weight excluding hydrogens is 879 g/mol. The van der Waals surface area contributed by atoms with Crippen LogP contribution in [0, 0.1) is 17.6 Å². The monoisotopic (exact) mass is 907 g/mol. The van der Waals surface area contributed by atoms with E-state index >= 15 is 0 Å². The number of aliphatic carboxylic acids is 1. The molecular formula is C35H28I3NO4. The van der Waals surface area contributed by atoms with Crippen LogP contribution in [0.1, 0.15) is 27.8 Å². The second-order valence-corrected chi connectivity index (χ2v) is 13.6. The molecule has 43 heavy (non-hydrogen) atoms. The van der Waals surface area contributed by atoms with Crippen LogP contribution < -0.4 is 10.1 Å². The van der Waals surface area contributed by atoms with E-state index in [2.05, 4.69) is 73.1 Å². The number of aromatic hydroxyl groups is 1. The SMILES string of the molecule is Cc1cc(Oc2c(I)cc(CC(NC(c3ccccc3)(c3ccccc3)c3ccccc3)C(=O)O)cc2I)cc(I)c1O. The van der Waals surface area contributed by atoms with Gasteiger partial charge in [0.2, 0.25) is 0 Å². The highest BCUT2D eigenvalue weighted by molar-refractivity contribution is 14.1. The average molecular weight is 907 g/mol. The molecule has 218 valence electrons. The fourth-order valence-corrected chi connectivity index (χ4v) is 8.07. The molecule has 0 saturated carbocycles. The first kappa shape index (κ1) is 31.7. The number of rotatable bonds is 10. The highest BCUT2D eigenvalue weighted by Gasteiger charge is 2.40. The van der Waals surface area contributed by atoms with Crippen molar-refractivity contribution in [1.82, 2.24) is 5.32 Å². The summed E-state index contributed by atoms with van der Waals surface area (Å²) in [6.45, 7) is 1.84. The molecule has 0 radical (unpaired) electrons. The van der Waals surface area contributed by atoms with Crippen molar-refractivity contribution in [2.45, 2.75) is 24.9 Å². The predicted molar refractivity (Wildman–Crippen MR) is 195 cm³/mol. The van der Waals surface area contributed by atoms with Gasteiger partial charge >= 0.3 is 5.97 Å². The zero-order chi connectivity index (χ0) is 30.6. The van der Waals surface area contributed by atoms with Gasteiger partial charge in [-0.05, 0) is 133 Å². The predicted octanol–water partition coefficient (Wildman–Crippen LogP) is 8.88. The van der Waals surface area contributed by atoms with E-state index in [0.717, 1.165) is 35.0 Å². The van der Waals surface area contributed by atoms with Crippen LogP contribution in [0.25, 0.3) is 0 Å². The lowest BCUT2D eigenvalue weighted by Crippen LogP contribution is -2.53. The zero-order valence-electron chi connectivity index (χ0n) is 23.1. The lowest BCUT2D eigenvalue weighted by Gasteiger charge is -2.39. The Kier molecular flexibility index (Phi) is 10.3. The van der Waals surface area contributed by atoms with Gasteiger partial charge in [0.15, 0.2) is 5.75 Å². The molecule has 0 aliphatic rings. The number of phenols is 1. The van der Waals surface area contributed by atoms with E-state index < -0.39 is 17.6 Å². The van der Waals surface area contributed by atoms with Gasteiger partial charge in [0.05, 0.1) is 16.2 Å². The molecule has 0 aliphatic carbocycles. The summed E-state index contributed by atoms with van der Waals surface area (Å²) in [5.74, 6) is 0.633. The van der Waals surface area contributed by atoms with Gasteiger partial charge in [0.25, 0.3) is 0 Å². The Morgan fingerprint density at radius 3 is 1.65 bits per heavy atom. The van der Waals surface area contributed by atoms with Crippen molar-refractivity contribution in [1.29, 1.82) is 0 Å². The summed E-state index contributed by atoms with van der Waals surface area (Å²) in [7, 11) is 0. The van der Waals surface area contributed by atoms with Crippen molar-refractivity contribution in [3.63, 3.8) is 0 Å². The highest BCUT2D eigenvalue weighted by atomic mass is 127. The molecule has 1 atom stereocenters. The number of ether oxygens (including phenoxy) is 1. The van der Waals surface area contributed by atoms with Crippen LogP contribution in [0.15, 0.2) is 115 Å². The van der Waals surface area contributed by atoms with Crippen LogP contribution >= 0.6 is 67.8 Å². The fraction of sp³-hybridized carbons (Fsp3) is 0.114. The van der Waals surface area contributed by atoms with Crippen LogP contribution in [0.5, 0.6) is 17.2 Å². The third-order valence-electron chi connectivity index (χ3n) is 7.25. The first-order chi connectivity index (χ1) is 20.7. The van der Waals surface area contributed by atoms with E-state index in [0.29, 0.717) is 15.1 Å². The number of phenolic OH excluding ortho intramolecular Hbond substituents is 1. The minimum absolute atomic E-state index is 0.248. The zero-order valence-corrected chi connectivity index (χ0v) is 29.6. The summed E-state index contributed by atoms with van der Waals surface area (Å²) in [6, 6.07) is 36.6. The standard InChI is InChI=1S/C35H28I3NO4/c1-22-17-27(21-28(36)32(22)40)43-33-29(37)18-23(19-30(33)38)20-31(34(41)42)39-35(24-11-5-2-6-12-24,25-13-7-3-8-14-25)26-15-9-4-10-16-26/h2-19,21,31,39-40H,20H2,1H3,(H,41,42). The van der Waals surface area contributed by atoms with E-state index in [1.165, 1.54) is 0 Å². The number of carboxylic acids is 1. The maximum atomic E-state index is 12.9. The van der Waals surface area contributed by atoms with Gasteiger partial charge in [0.1, 0.15) is 17.5 Å². The third kappa shape index (κ3) is 7.02. The normalized spacial score (nSPS) is 12.1. The molecule has 5 nitrogen and oxygen atoms in total. The first-order valence-corrected chi connectivity index (χ1v) is 16.7. The first-order valence-electron chi connectivity index (χ1n) is 13.5. The van der Waals surface area contributed by atoms with Crippen molar-refractivity contribution >= 4 is 73.7 Å². The van der Waals surface area contributed by atoms with E-state index in [9.17, 15) is 15.0 Å². The van der Waals surface area contributed by atoms with E-state index in [-0.39, 0.29) is 12.2 Å². The minimum Gasteiger partial charge on any atom is -0.507 e. The van der Waals surface area contributed by atoms with Crippen molar-refractivity contribution < 1.29 is 19.7 Å². The van der Waals surface area contributed by atoms with Gasteiger partial charge < -0.3 is 14.9 Å². The molecule has 0 bridgehead atoms. The lowest BCUT2D eigenvalue weighted by molar-refractivity contribution is -0.139. The molecule has 0 fully saturated rings. The van der Waals surface area contributed by atoms with Crippen molar-refractivity contribution in [3.05, 3.63) is 154 Å². The summed E-state index contributed by atoms with van der Waals surface area (Å²) in [4.78, 5) is 12.9. The van der Waals surface area contributed by atoms with E-state index in [1.54, 1.807) is 12.1 Å². The molecule has 0 spiro atoms. The molecule has 3 N–H and O–H groups in total. The Balaban J connectivity index is 1.54.